The zero-order valence-corrected chi connectivity index (χ0v) is 9.82. The smallest absolute Gasteiger partial charge is 0.232 e. The van der Waals surface area contributed by atoms with Crippen LogP contribution in [0.15, 0.2) is 24.5 Å². The minimum atomic E-state index is -0.347. The minimum absolute atomic E-state index is 0.0217. The molecule has 4 heteroatoms. The van der Waals surface area contributed by atoms with Gasteiger partial charge in [0, 0.05) is 12.5 Å². The number of hydrogen-bond acceptors (Lipinski definition) is 2. The number of hydrogen-bond donors (Lipinski definition) is 0. The number of halogens is 1. The van der Waals surface area contributed by atoms with Crippen LogP contribution in [0.25, 0.3) is 11.0 Å². The van der Waals surface area contributed by atoms with Crippen LogP contribution in [-0.4, -0.2) is 15.5 Å². The average Bonchev–Trinajstić information content (AvgIpc) is 2.72. The summed E-state index contributed by atoms with van der Waals surface area (Å²) in [6.45, 7) is 2.09. The van der Waals surface area contributed by atoms with Crippen molar-refractivity contribution in [2.45, 2.75) is 32.6 Å². The monoisotopic (exact) mass is 234 g/mol. The SMILES string of the molecule is CCCCCC(=O)n1cnc2ccc(F)cc21. The third-order valence-electron chi connectivity index (χ3n) is 2.77. The van der Waals surface area contributed by atoms with E-state index < -0.39 is 0 Å². The summed E-state index contributed by atoms with van der Waals surface area (Å²) in [4.78, 5) is 16.0. The maximum atomic E-state index is 13.1. The van der Waals surface area contributed by atoms with E-state index in [1.165, 1.54) is 23.0 Å². The van der Waals surface area contributed by atoms with Crippen LogP contribution in [0.5, 0.6) is 0 Å². The predicted octanol–water partition coefficient (Wildman–Crippen LogP) is 3.40. The van der Waals surface area contributed by atoms with Crippen LogP contribution in [0.2, 0.25) is 0 Å². The first-order chi connectivity index (χ1) is 8.22. The van der Waals surface area contributed by atoms with Gasteiger partial charge in [-0.2, -0.15) is 0 Å². The highest BCUT2D eigenvalue weighted by Crippen LogP contribution is 2.15. The summed E-state index contributed by atoms with van der Waals surface area (Å²) in [6, 6.07) is 4.28. The van der Waals surface area contributed by atoms with Gasteiger partial charge in [-0.25, -0.2) is 9.37 Å². The Balaban J connectivity index is 2.23. The fourth-order valence-corrected chi connectivity index (χ4v) is 1.83. The summed E-state index contributed by atoms with van der Waals surface area (Å²) in [5, 5.41) is 0. The second kappa shape index (κ2) is 5.08. The summed E-state index contributed by atoms with van der Waals surface area (Å²) >= 11 is 0. The van der Waals surface area contributed by atoms with E-state index in [4.69, 9.17) is 0 Å². The molecule has 3 nitrogen and oxygen atoms in total. The van der Waals surface area contributed by atoms with Gasteiger partial charge < -0.3 is 0 Å². The first kappa shape index (κ1) is 11.8. The number of nitrogens with zero attached hydrogens (tertiary/aromatic N) is 2. The molecular weight excluding hydrogens is 219 g/mol. The van der Waals surface area contributed by atoms with Crippen molar-refractivity contribution in [3.05, 3.63) is 30.3 Å². The van der Waals surface area contributed by atoms with Crippen molar-refractivity contribution in [2.75, 3.05) is 0 Å². The van der Waals surface area contributed by atoms with Crippen molar-refractivity contribution in [1.29, 1.82) is 0 Å². The van der Waals surface area contributed by atoms with Gasteiger partial charge in [-0.1, -0.05) is 19.8 Å². The van der Waals surface area contributed by atoms with Crippen LogP contribution in [0.1, 0.15) is 37.4 Å². The minimum Gasteiger partial charge on any atom is -0.274 e. The van der Waals surface area contributed by atoms with E-state index in [9.17, 15) is 9.18 Å². The van der Waals surface area contributed by atoms with Gasteiger partial charge >= 0.3 is 0 Å². The molecule has 17 heavy (non-hydrogen) atoms. The van der Waals surface area contributed by atoms with Crippen LogP contribution >= 0.6 is 0 Å². The molecule has 0 atom stereocenters. The Morgan fingerprint density at radius 1 is 1.41 bits per heavy atom. The lowest BCUT2D eigenvalue weighted by Gasteiger charge is -2.02. The highest BCUT2D eigenvalue weighted by Gasteiger charge is 2.10. The Hall–Kier alpha value is -1.71. The molecule has 2 rings (SSSR count). The molecule has 0 amide bonds. The molecule has 1 aromatic heterocycles. The Morgan fingerprint density at radius 3 is 3.00 bits per heavy atom. The van der Waals surface area contributed by atoms with Gasteiger partial charge in [-0.15, -0.1) is 0 Å². The number of imidazole rings is 1. The Bertz CT molecular complexity index is 533. The van der Waals surface area contributed by atoms with Crippen molar-refractivity contribution < 1.29 is 9.18 Å². The molecule has 0 fully saturated rings. The fraction of sp³-hybridized carbons (Fsp3) is 0.385. The Kier molecular flexibility index (Phi) is 3.52. The third kappa shape index (κ3) is 2.52. The van der Waals surface area contributed by atoms with E-state index in [2.05, 4.69) is 11.9 Å². The van der Waals surface area contributed by atoms with Crippen LogP contribution in [0, 0.1) is 5.82 Å². The molecule has 1 heterocycles. The molecule has 90 valence electrons. The quantitative estimate of drug-likeness (QED) is 0.760. The van der Waals surface area contributed by atoms with E-state index in [1.54, 1.807) is 6.07 Å². The summed E-state index contributed by atoms with van der Waals surface area (Å²) in [6.07, 6.45) is 4.93. The molecule has 0 bridgehead atoms. The average molecular weight is 234 g/mol. The Morgan fingerprint density at radius 2 is 2.24 bits per heavy atom. The van der Waals surface area contributed by atoms with Gasteiger partial charge in [-0.05, 0) is 18.6 Å². The number of unbranched alkanes of at least 4 members (excludes halogenated alkanes) is 2. The van der Waals surface area contributed by atoms with Gasteiger partial charge in [0.25, 0.3) is 0 Å². The predicted molar refractivity (Wildman–Crippen MR) is 64.5 cm³/mol. The number of rotatable bonds is 4. The van der Waals surface area contributed by atoms with Gasteiger partial charge in [0.2, 0.25) is 5.91 Å². The highest BCUT2D eigenvalue weighted by molar-refractivity contribution is 5.90. The van der Waals surface area contributed by atoms with Crippen LogP contribution in [-0.2, 0) is 0 Å². The van der Waals surface area contributed by atoms with Gasteiger partial charge in [0.15, 0.2) is 0 Å². The first-order valence-corrected chi connectivity index (χ1v) is 5.88. The molecule has 0 spiro atoms. The molecule has 0 saturated heterocycles. The van der Waals surface area contributed by atoms with E-state index in [0.717, 1.165) is 19.3 Å². The topological polar surface area (TPSA) is 34.9 Å². The van der Waals surface area contributed by atoms with E-state index >= 15 is 0 Å². The van der Waals surface area contributed by atoms with Crippen molar-refractivity contribution in [1.82, 2.24) is 9.55 Å². The van der Waals surface area contributed by atoms with Crippen molar-refractivity contribution in [3.8, 4) is 0 Å². The number of carbonyl (C=O) groups excluding carboxylic acids is 1. The van der Waals surface area contributed by atoms with Crippen LogP contribution < -0.4 is 0 Å². The van der Waals surface area contributed by atoms with E-state index in [-0.39, 0.29) is 11.7 Å². The standard InChI is InChI=1S/C13H15FN2O/c1-2-3-4-5-13(17)16-9-15-11-7-6-10(14)8-12(11)16/h6-9H,2-5H2,1H3. The number of aromatic nitrogens is 2. The lowest BCUT2D eigenvalue weighted by Crippen LogP contribution is -2.08. The summed E-state index contributed by atoms with van der Waals surface area (Å²) in [7, 11) is 0. The van der Waals surface area contributed by atoms with Crippen molar-refractivity contribution >= 4 is 16.9 Å². The lowest BCUT2D eigenvalue weighted by atomic mass is 10.2. The number of carbonyl (C=O) groups is 1. The molecule has 0 aliphatic heterocycles. The van der Waals surface area contributed by atoms with E-state index in [0.29, 0.717) is 17.5 Å². The molecule has 0 aliphatic rings. The molecule has 2 aromatic rings. The molecule has 1 aromatic carbocycles. The highest BCUT2D eigenvalue weighted by atomic mass is 19.1. The molecule has 0 radical (unpaired) electrons. The summed E-state index contributed by atoms with van der Waals surface area (Å²) in [5.41, 5.74) is 1.20. The van der Waals surface area contributed by atoms with Gasteiger partial charge in [0.1, 0.15) is 12.1 Å². The Labute approximate surface area is 99.3 Å². The number of benzene rings is 1. The second-order valence-corrected chi connectivity index (χ2v) is 4.10. The molecule has 0 saturated carbocycles. The first-order valence-electron chi connectivity index (χ1n) is 5.88. The zero-order valence-electron chi connectivity index (χ0n) is 9.82. The van der Waals surface area contributed by atoms with Crippen molar-refractivity contribution in [3.63, 3.8) is 0 Å². The van der Waals surface area contributed by atoms with Gasteiger partial charge in [-0.3, -0.25) is 9.36 Å². The summed E-state index contributed by atoms with van der Waals surface area (Å²) < 4.78 is 14.6. The largest absolute Gasteiger partial charge is 0.274 e. The van der Waals surface area contributed by atoms with Gasteiger partial charge in [0.05, 0.1) is 11.0 Å². The summed E-state index contributed by atoms with van der Waals surface area (Å²) in [5.74, 6) is -0.368. The van der Waals surface area contributed by atoms with Crippen molar-refractivity contribution in [2.24, 2.45) is 0 Å². The lowest BCUT2D eigenvalue weighted by molar-refractivity contribution is 0.0904. The zero-order chi connectivity index (χ0) is 12.3. The van der Waals surface area contributed by atoms with E-state index in [1.807, 2.05) is 0 Å². The third-order valence-corrected chi connectivity index (χ3v) is 2.77. The second-order valence-electron chi connectivity index (χ2n) is 4.10. The maximum Gasteiger partial charge on any atom is 0.232 e. The molecule has 0 N–H and O–H groups in total. The fourth-order valence-electron chi connectivity index (χ4n) is 1.83. The van der Waals surface area contributed by atoms with Crippen LogP contribution in [0.4, 0.5) is 4.39 Å². The molecule has 0 aliphatic carbocycles. The molecular formula is C13H15FN2O. The van der Waals surface area contributed by atoms with Crippen LogP contribution in [0.3, 0.4) is 0 Å². The maximum absolute atomic E-state index is 13.1. The molecule has 0 unspecified atom stereocenters. The number of fused-ring (bicyclic) bond motifs is 1. The normalized spacial score (nSPS) is 10.9.